The van der Waals surface area contributed by atoms with Crippen LogP contribution in [-0.4, -0.2) is 52.0 Å². The van der Waals surface area contributed by atoms with Crippen LogP contribution in [0.3, 0.4) is 0 Å². The Balaban J connectivity index is 1.53. The van der Waals surface area contributed by atoms with Crippen molar-refractivity contribution in [3.05, 3.63) is 35.7 Å². The summed E-state index contributed by atoms with van der Waals surface area (Å²) in [5, 5.41) is 4.11. The molecule has 1 aliphatic heterocycles. The van der Waals surface area contributed by atoms with Crippen LogP contribution in [0.15, 0.2) is 28.8 Å². The van der Waals surface area contributed by atoms with Crippen LogP contribution in [0, 0.1) is 12.3 Å². The number of hydrogen-bond donors (Lipinski definition) is 0. The number of rotatable bonds is 4. The predicted octanol–water partition coefficient (Wildman–Crippen LogP) is 3.13. The third kappa shape index (κ3) is 4.91. The first-order valence-electron chi connectivity index (χ1n) is 9.20. The molecule has 0 aliphatic carbocycles. The standard InChI is InChI=1S/C20H28N4O2/c1-15-6-5-7-16(12-15)19-21-17(22-26-19)14-23-8-10-24(11-9-23)18(25)13-20(2,3)4/h5-7,12H,8-11,13-14H2,1-4H3. The van der Waals surface area contributed by atoms with E-state index in [0.717, 1.165) is 31.7 Å². The summed E-state index contributed by atoms with van der Waals surface area (Å²) in [6.07, 6.45) is 0.595. The van der Waals surface area contributed by atoms with E-state index in [-0.39, 0.29) is 11.3 Å². The van der Waals surface area contributed by atoms with Crippen LogP contribution in [-0.2, 0) is 11.3 Å². The molecular weight excluding hydrogens is 328 g/mol. The van der Waals surface area contributed by atoms with E-state index in [4.69, 9.17) is 4.52 Å². The summed E-state index contributed by atoms with van der Waals surface area (Å²) in [4.78, 5) is 21.1. The van der Waals surface area contributed by atoms with Gasteiger partial charge in [-0.05, 0) is 24.5 Å². The maximum absolute atomic E-state index is 12.3. The molecule has 0 spiro atoms. The van der Waals surface area contributed by atoms with Crippen molar-refractivity contribution in [3.63, 3.8) is 0 Å². The van der Waals surface area contributed by atoms with Gasteiger partial charge in [-0.2, -0.15) is 4.98 Å². The molecule has 6 heteroatoms. The van der Waals surface area contributed by atoms with Gasteiger partial charge in [0.1, 0.15) is 0 Å². The maximum Gasteiger partial charge on any atom is 0.257 e. The third-order valence-electron chi connectivity index (χ3n) is 4.50. The SMILES string of the molecule is Cc1cccc(-c2nc(CN3CCN(C(=O)CC(C)(C)C)CC3)no2)c1. The Morgan fingerprint density at radius 3 is 2.58 bits per heavy atom. The average molecular weight is 356 g/mol. The fraction of sp³-hybridized carbons (Fsp3) is 0.550. The molecule has 1 fully saturated rings. The first-order valence-corrected chi connectivity index (χ1v) is 9.20. The van der Waals surface area contributed by atoms with Gasteiger partial charge in [-0.15, -0.1) is 0 Å². The van der Waals surface area contributed by atoms with Crippen molar-refractivity contribution in [2.45, 2.75) is 40.7 Å². The Labute approximate surface area is 155 Å². The molecule has 0 saturated carbocycles. The van der Waals surface area contributed by atoms with Gasteiger partial charge in [0.05, 0.1) is 6.54 Å². The normalized spacial score (nSPS) is 16.1. The lowest BCUT2D eigenvalue weighted by Gasteiger charge is -2.35. The van der Waals surface area contributed by atoms with E-state index >= 15 is 0 Å². The van der Waals surface area contributed by atoms with Crippen LogP contribution in [0.1, 0.15) is 38.6 Å². The quantitative estimate of drug-likeness (QED) is 0.842. The lowest BCUT2D eigenvalue weighted by molar-refractivity contribution is -0.134. The molecule has 0 bridgehead atoms. The number of nitrogens with zero attached hydrogens (tertiary/aromatic N) is 4. The van der Waals surface area contributed by atoms with Gasteiger partial charge in [0, 0.05) is 38.2 Å². The largest absolute Gasteiger partial charge is 0.340 e. The van der Waals surface area contributed by atoms with Crippen molar-refractivity contribution in [1.82, 2.24) is 19.9 Å². The number of hydrogen-bond acceptors (Lipinski definition) is 5. The van der Waals surface area contributed by atoms with Gasteiger partial charge in [-0.25, -0.2) is 0 Å². The molecule has 1 aliphatic rings. The van der Waals surface area contributed by atoms with E-state index in [1.54, 1.807) is 0 Å². The monoisotopic (exact) mass is 356 g/mol. The van der Waals surface area contributed by atoms with Crippen molar-refractivity contribution in [3.8, 4) is 11.5 Å². The van der Waals surface area contributed by atoms with E-state index in [9.17, 15) is 4.79 Å². The van der Waals surface area contributed by atoms with E-state index in [2.05, 4.69) is 35.8 Å². The molecule has 0 atom stereocenters. The van der Waals surface area contributed by atoms with Gasteiger partial charge >= 0.3 is 0 Å². The first kappa shape index (κ1) is 18.6. The van der Waals surface area contributed by atoms with E-state index in [1.165, 1.54) is 5.56 Å². The lowest BCUT2D eigenvalue weighted by atomic mass is 9.91. The Hall–Kier alpha value is -2.21. The van der Waals surface area contributed by atoms with Crippen LogP contribution in [0.25, 0.3) is 11.5 Å². The summed E-state index contributed by atoms with van der Waals surface area (Å²) in [7, 11) is 0. The van der Waals surface area contributed by atoms with Crippen molar-refractivity contribution < 1.29 is 9.32 Å². The molecule has 2 heterocycles. The highest BCUT2D eigenvalue weighted by atomic mass is 16.5. The Morgan fingerprint density at radius 1 is 1.19 bits per heavy atom. The lowest BCUT2D eigenvalue weighted by Crippen LogP contribution is -2.49. The zero-order valence-electron chi connectivity index (χ0n) is 16.2. The average Bonchev–Trinajstić information content (AvgIpc) is 3.02. The van der Waals surface area contributed by atoms with Crippen LogP contribution in [0.5, 0.6) is 0 Å². The molecule has 140 valence electrons. The molecule has 1 amide bonds. The van der Waals surface area contributed by atoms with E-state index in [0.29, 0.717) is 24.7 Å². The number of carbonyl (C=O) groups excluding carboxylic acids is 1. The zero-order valence-corrected chi connectivity index (χ0v) is 16.2. The minimum absolute atomic E-state index is 0.0328. The summed E-state index contributed by atoms with van der Waals surface area (Å²) in [6.45, 7) is 12.2. The summed E-state index contributed by atoms with van der Waals surface area (Å²) in [6, 6.07) is 8.05. The fourth-order valence-electron chi connectivity index (χ4n) is 3.13. The molecule has 1 aromatic heterocycles. The second-order valence-electron chi connectivity index (χ2n) is 8.28. The van der Waals surface area contributed by atoms with Crippen LogP contribution in [0.4, 0.5) is 0 Å². The highest BCUT2D eigenvalue weighted by molar-refractivity contribution is 5.76. The maximum atomic E-state index is 12.3. The number of carbonyl (C=O) groups is 1. The highest BCUT2D eigenvalue weighted by Crippen LogP contribution is 2.21. The van der Waals surface area contributed by atoms with Gasteiger partial charge in [0.2, 0.25) is 5.91 Å². The topological polar surface area (TPSA) is 62.5 Å². The Kier molecular flexibility index (Phi) is 5.41. The number of aromatic nitrogens is 2. The minimum Gasteiger partial charge on any atom is -0.340 e. The molecule has 0 radical (unpaired) electrons. The molecule has 0 N–H and O–H groups in total. The summed E-state index contributed by atoms with van der Waals surface area (Å²) in [5.41, 5.74) is 2.14. The summed E-state index contributed by atoms with van der Waals surface area (Å²) < 4.78 is 5.41. The predicted molar refractivity (Wildman–Crippen MR) is 100 cm³/mol. The second kappa shape index (κ2) is 7.58. The van der Waals surface area contributed by atoms with Gasteiger partial charge in [0.25, 0.3) is 5.89 Å². The zero-order chi connectivity index (χ0) is 18.7. The van der Waals surface area contributed by atoms with Crippen LogP contribution in [0.2, 0.25) is 0 Å². The minimum atomic E-state index is 0.0328. The molecule has 26 heavy (non-hydrogen) atoms. The van der Waals surface area contributed by atoms with Crippen LogP contribution < -0.4 is 0 Å². The number of aryl methyl sites for hydroxylation is 1. The van der Waals surface area contributed by atoms with E-state index < -0.39 is 0 Å². The fourth-order valence-corrected chi connectivity index (χ4v) is 3.13. The summed E-state index contributed by atoms with van der Waals surface area (Å²) in [5.74, 6) is 1.50. The van der Waals surface area contributed by atoms with Gasteiger partial charge < -0.3 is 9.42 Å². The molecule has 1 aromatic carbocycles. The summed E-state index contributed by atoms with van der Waals surface area (Å²) >= 11 is 0. The van der Waals surface area contributed by atoms with Crippen molar-refractivity contribution >= 4 is 5.91 Å². The Morgan fingerprint density at radius 2 is 1.92 bits per heavy atom. The second-order valence-corrected chi connectivity index (χ2v) is 8.28. The van der Waals surface area contributed by atoms with Crippen molar-refractivity contribution in [1.29, 1.82) is 0 Å². The van der Waals surface area contributed by atoms with E-state index in [1.807, 2.05) is 36.1 Å². The van der Waals surface area contributed by atoms with Crippen molar-refractivity contribution in [2.75, 3.05) is 26.2 Å². The molecule has 2 aromatic rings. The first-order chi connectivity index (χ1) is 12.3. The molecular formula is C20H28N4O2. The molecule has 1 saturated heterocycles. The van der Waals surface area contributed by atoms with Crippen LogP contribution >= 0.6 is 0 Å². The third-order valence-corrected chi connectivity index (χ3v) is 4.50. The molecule has 3 rings (SSSR count). The van der Waals surface area contributed by atoms with Crippen molar-refractivity contribution in [2.24, 2.45) is 5.41 Å². The smallest absolute Gasteiger partial charge is 0.257 e. The van der Waals surface area contributed by atoms with Gasteiger partial charge in [-0.3, -0.25) is 9.69 Å². The highest BCUT2D eigenvalue weighted by Gasteiger charge is 2.25. The van der Waals surface area contributed by atoms with Gasteiger partial charge in [0.15, 0.2) is 5.82 Å². The number of amides is 1. The van der Waals surface area contributed by atoms with Gasteiger partial charge in [-0.1, -0.05) is 43.6 Å². The molecule has 0 unspecified atom stereocenters. The molecule has 6 nitrogen and oxygen atoms in total. The Bertz CT molecular complexity index is 755. The number of piperazine rings is 1. The number of benzene rings is 1.